The van der Waals surface area contributed by atoms with Crippen LogP contribution in [0.3, 0.4) is 0 Å². The summed E-state index contributed by atoms with van der Waals surface area (Å²) >= 11 is 0. The number of hydrogen-bond acceptors (Lipinski definition) is 4. The lowest BCUT2D eigenvalue weighted by Gasteiger charge is -2.29. The Kier molecular flexibility index (Phi) is 6.36. The normalized spacial score (nSPS) is 15.3. The second-order valence-electron chi connectivity index (χ2n) is 8.42. The van der Waals surface area contributed by atoms with Crippen LogP contribution in [-0.4, -0.2) is 28.9 Å². The Morgan fingerprint density at radius 1 is 0.944 bits per heavy atom. The number of nitrogens with zero attached hydrogens (tertiary/aromatic N) is 2. The number of methoxy groups -OCH3 is 1. The molecule has 2 amide bonds. The molecular weight excluding hydrogens is 452 g/mol. The van der Waals surface area contributed by atoms with Crippen molar-refractivity contribution in [1.82, 2.24) is 20.4 Å². The van der Waals surface area contributed by atoms with Crippen molar-refractivity contribution in [2.24, 2.45) is 0 Å². The van der Waals surface area contributed by atoms with Crippen LogP contribution in [-0.2, 0) is 9.53 Å². The van der Waals surface area contributed by atoms with Gasteiger partial charge in [0.25, 0.3) is 0 Å². The molecule has 2 heterocycles. The number of ether oxygens (including phenoxy) is 1. The van der Waals surface area contributed by atoms with Gasteiger partial charge in [-0.05, 0) is 30.2 Å². The number of nitrogens with one attached hydrogen (secondary N) is 2. The van der Waals surface area contributed by atoms with Crippen LogP contribution < -0.4 is 10.6 Å². The monoisotopic (exact) mass is 478 g/mol. The highest BCUT2D eigenvalue weighted by atomic mass is 16.5. The molecule has 0 radical (unpaired) electrons. The summed E-state index contributed by atoms with van der Waals surface area (Å²) < 4.78 is 6.92. The van der Waals surface area contributed by atoms with Crippen LogP contribution in [0.1, 0.15) is 24.9 Å². The number of aromatic nitrogens is 2. The molecule has 1 unspecified atom stereocenters. The van der Waals surface area contributed by atoms with E-state index < -0.39 is 12.0 Å². The van der Waals surface area contributed by atoms with Gasteiger partial charge in [0.1, 0.15) is 0 Å². The molecular formula is C29H26N4O3. The van der Waals surface area contributed by atoms with Crippen LogP contribution >= 0.6 is 0 Å². The minimum atomic E-state index is -0.610. The summed E-state index contributed by atoms with van der Waals surface area (Å²) in [7, 11) is 1.34. The molecule has 0 bridgehead atoms. The Bertz CT molecular complexity index is 1420. The number of urea groups is 1. The van der Waals surface area contributed by atoms with Gasteiger partial charge in [-0.2, -0.15) is 5.10 Å². The number of allylic oxidation sites excluding steroid dienone is 1. The smallest absolute Gasteiger partial charge is 0.337 e. The van der Waals surface area contributed by atoms with E-state index in [1.54, 1.807) is 0 Å². The van der Waals surface area contributed by atoms with Crippen LogP contribution in [0, 0.1) is 0 Å². The number of benzene rings is 3. The fraction of sp³-hybridized carbons (Fsp3) is 0.138. The van der Waals surface area contributed by atoms with E-state index in [1.807, 2.05) is 84.4 Å². The SMILES string of the molecule is CCC1=C(C(=O)OC)C(c2ccc(-n3nc(-c4ccccc4)cc3-c3ccccc3)cc2)NC(=O)N1. The van der Waals surface area contributed by atoms with E-state index in [0.29, 0.717) is 17.7 Å². The van der Waals surface area contributed by atoms with E-state index in [1.165, 1.54) is 7.11 Å². The molecule has 36 heavy (non-hydrogen) atoms. The summed E-state index contributed by atoms with van der Waals surface area (Å²) in [5.41, 5.74) is 6.51. The number of esters is 1. The lowest BCUT2D eigenvalue weighted by Crippen LogP contribution is -2.45. The highest BCUT2D eigenvalue weighted by Crippen LogP contribution is 2.32. The summed E-state index contributed by atoms with van der Waals surface area (Å²) in [6.07, 6.45) is 0.502. The average Bonchev–Trinajstić information content (AvgIpc) is 3.39. The molecule has 7 heteroatoms. The third kappa shape index (κ3) is 4.38. The molecule has 3 aromatic carbocycles. The molecule has 5 rings (SSSR count). The molecule has 4 aromatic rings. The molecule has 1 aliphatic rings. The fourth-order valence-corrected chi connectivity index (χ4v) is 4.45. The van der Waals surface area contributed by atoms with E-state index in [0.717, 1.165) is 33.8 Å². The first kappa shape index (κ1) is 23.1. The van der Waals surface area contributed by atoms with Crippen molar-refractivity contribution < 1.29 is 14.3 Å². The number of amides is 2. The molecule has 1 aliphatic heterocycles. The zero-order valence-corrected chi connectivity index (χ0v) is 20.1. The lowest BCUT2D eigenvalue weighted by atomic mass is 9.94. The zero-order chi connectivity index (χ0) is 25.1. The van der Waals surface area contributed by atoms with Crippen LogP contribution in [0.5, 0.6) is 0 Å². The number of hydrogen-bond donors (Lipinski definition) is 2. The standard InChI is InChI=1S/C29H26N4O3/c1-3-23-26(28(34)36-2)27(31-29(35)30-23)21-14-16-22(17-15-21)33-25(20-12-8-5-9-13-20)18-24(32-33)19-10-6-4-7-11-19/h4-18,27H,3H2,1-2H3,(H2,30,31,35). The maximum Gasteiger partial charge on any atom is 0.337 e. The third-order valence-corrected chi connectivity index (χ3v) is 6.23. The second kappa shape index (κ2) is 9.92. The highest BCUT2D eigenvalue weighted by molar-refractivity contribution is 5.95. The van der Waals surface area contributed by atoms with Crippen molar-refractivity contribution in [3.63, 3.8) is 0 Å². The molecule has 0 aliphatic carbocycles. The van der Waals surface area contributed by atoms with E-state index in [2.05, 4.69) is 28.8 Å². The predicted molar refractivity (Wildman–Crippen MR) is 138 cm³/mol. The first-order valence-corrected chi connectivity index (χ1v) is 11.8. The lowest BCUT2D eigenvalue weighted by molar-refractivity contribution is -0.136. The summed E-state index contributed by atoms with van der Waals surface area (Å²) in [4.78, 5) is 24.8. The maximum atomic E-state index is 12.6. The Balaban J connectivity index is 1.57. The molecule has 0 spiro atoms. The van der Waals surface area contributed by atoms with Crippen molar-refractivity contribution in [3.05, 3.63) is 108 Å². The van der Waals surface area contributed by atoms with Gasteiger partial charge in [0.2, 0.25) is 0 Å². The van der Waals surface area contributed by atoms with Gasteiger partial charge in [-0.3, -0.25) is 0 Å². The second-order valence-corrected chi connectivity index (χ2v) is 8.42. The molecule has 1 atom stereocenters. The van der Waals surface area contributed by atoms with Crippen LogP contribution in [0.2, 0.25) is 0 Å². The summed E-state index contributed by atoms with van der Waals surface area (Å²) in [6, 6.07) is 29.0. The molecule has 0 saturated carbocycles. The Morgan fingerprint density at radius 2 is 1.58 bits per heavy atom. The number of carbonyl (C=O) groups is 2. The van der Waals surface area contributed by atoms with Crippen molar-refractivity contribution in [2.45, 2.75) is 19.4 Å². The summed E-state index contributed by atoms with van der Waals surface area (Å²) in [5.74, 6) is -0.473. The molecule has 7 nitrogen and oxygen atoms in total. The van der Waals surface area contributed by atoms with Crippen molar-refractivity contribution in [1.29, 1.82) is 0 Å². The quantitative estimate of drug-likeness (QED) is 0.364. The first-order valence-electron chi connectivity index (χ1n) is 11.8. The van der Waals surface area contributed by atoms with Gasteiger partial charge in [0, 0.05) is 16.8 Å². The number of rotatable bonds is 6. The van der Waals surface area contributed by atoms with Gasteiger partial charge < -0.3 is 15.4 Å². The zero-order valence-electron chi connectivity index (χ0n) is 20.1. The van der Waals surface area contributed by atoms with Crippen molar-refractivity contribution in [3.8, 4) is 28.2 Å². The average molecular weight is 479 g/mol. The molecule has 1 aromatic heterocycles. The Morgan fingerprint density at radius 3 is 2.19 bits per heavy atom. The van der Waals surface area contributed by atoms with Gasteiger partial charge in [0.15, 0.2) is 0 Å². The molecule has 180 valence electrons. The number of carbonyl (C=O) groups excluding carboxylic acids is 2. The van der Waals surface area contributed by atoms with Crippen LogP contribution in [0.25, 0.3) is 28.2 Å². The van der Waals surface area contributed by atoms with Crippen molar-refractivity contribution >= 4 is 12.0 Å². The van der Waals surface area contributed by atoms with E-state index >= 15 is 0 Å². The minimum absolute atomic E-state index is 0.348. The maximum absolute atomic E-state index is 12.6. The van der Waals surface area contributed by atoms with Gasteiger partial charge in [-0.25, -0.2) is 14.3 Å². The van der Waals surface area contributed by atoms with E-state index in [4.69, 9.17) is 9.84 Å². The third-order valence-electron chi connectivity index (χ3n) is 6.23. The van der Waals surface area contributed by atoms with Crippen LogP contribution in [0.15, 0.2) is 102 Å². The van der Waals surface area contributed by atoms with E-state index in [-0.39, 0.29) is 6.03 Å². The molecule has 0 fully saturated rings. The largest absolute Gasteiger partial charge is 0.466 e. The van der Waals surface area contributed by atoms with Gasteiger partial charge in [-0.1, -0.05) is 79.7 Å². The van der Waals surface area contributed by atoms with Crippen molar-refractivity contribution in [2.75, 3.05) is 7.11 Å². The molecule has 2 N–H and O–H groups in total. The van der Waals surface area contributed by atoms with Gasteiger partial charge >= 0.3 is 12.0 Å². The van der Waals surface area contributed by atoms with E-state index in [9.17, 15) is 9.59 Å². The molecule has 0 saturated heterocycles. The summed E-state index contributed by atoms with van der Waals surface area (Å²) in [6.45, 7) is 1.89. The summed E-state index contributed by atoms with van der Waals surface area (Å²) in [5, 5.41) is 10.5. The first-order chi connectivity index (χ1) is 17.6. The van der Waals surface area contributed by atoms with Crippen LogP contribution in [0.4, 0.5) is 4.79 Å². The Labute approximate surface area is 209 Å². The fourth-order valence-electron chi connectivity index (χ4n) is 4.45. The Hall–Kier alpha value is -4.65. The van der Waals surface area contributed by atoms with Gasteiger partial charge in [0.05, 0.1) is 35.8 Å². The van der Waals surface area contributed by atoms with Gasteiger partial charge in [-0.15, -0.1) is 0 Å². The minimum Gasteiger partial charge on any atom is -0.466 e. The topological polar surface area (TPSA) is 85.2 Å². The highest BCUT2D eigenvalue weighted by Gasteiger charge is 2.32. The predicted octanol–water partition coefficient (Wildman–Crippen LogP) is 5.40.